The van der Waals surface area contributed by atoms with Gasteiger partial charge in [0.25, 0.3) is 5.91 Å². The molecule has 3 aromatic rings. The second-order valence-electron chi connectivity index (χ2n) is 9.53. The number of morpholine rings is 1. The summed E-state index contributed by atoms with van der Waals surface area (Å²) in [6.07, 6.45) is -4.58. The van der Waals surface area contributed by atoms with Gasteiger partial charge in [0.05, 0.1) is 36.4 Å². The van der Waals surface area contributed by atoms with Gasteiger partial charge in [0, 0.05) is 44.2 Å². The predicted octanol–water partition coefficient (Wildman–Crippen LogP) is 4.10. The van der Waals surface area contributed by atoms with Crippen LogP contribution in [-0.4, -0.2) is 82.6 Å². The Hall–Kier alpha value is -3.52. The first-order valence-corrected chi connectivity index (χ1v) is 13.2. The molecule has 1 aromatic carbocycles. The molecule has 2 fully saturated rings. The van der Waals surface area contributed by atoms with Gasteiger partial charge in [-0.1, -0.05) is 12.1 Å². The van der Waals surface area contributed by atoms with E-state index in [2.05, 4.69) is 10.1 Å². The summed E-state index contributed by atoms with van der Waals surface area (Å²) in [6.45, 7) is 2.48. The zero-order valence-electron chi connectivity index (χ0n) is 21.2. The molecule has 5 rings (SSSR count). The molecule has 4 heterocycles. The number of halogens is 4. The van der Waals surface area contributed by atoms with Crippen molar-refractivity contribution in [2.75, 3.05) is 44.8 Å². The Labute approximate surface area is 225 Å². The lowest BCUT2D eigenvalue weighted by Crippen LogP contribution is -2.62. The molecule has 0 radical (unpaired) electrons. The molecule has 0 aliphatic carbocycles. The number of urea groups is 1. The number of nitrogens with zero attached hydrogens (tertiary/aromatic N) is 6. The van der Waals surface area contributed by atoms with Crippen LogP contribution in [0.3, 0.4) is 0 Å². The fourth-order valence-corrected chi connectivity index (χ4v) is 5.52. The summed E-state index contributed by atoms with van der Waals surface area (Å²) in [7, 11) is 1.67. The zero-order chi connectivity index (χ0) is 27.9. The quantitative estimate of drug-likeness (QED) is 0.433. The molecule has 2 saturated heterocycles. The number of likely N-dealkylation sites (tertiary alicyclic amines) is 1. The van der Waals surface area contributed by atoms with E-state index in [4.69, 9.17) is 4.74 Å². The number of ether oxygens (including phenoxy) is 1. The molecular weight excluding hydrogens is 540 g/mol. The third kappa shape index (κ3) is 5.22. The second kappa shape index (κ2) is 10.6. The van der Waals surface area contributed by atoms with E-state index in [0.29, 0.717) is 18.8 Å². The average molecular weight is 567 g/mol. The number of hydrogen-bond acceptors (Lipinski definition) is 7. The number of aromatic nitrogens is 3. The first-order valence-electron chi connectivity index (χ1n) is 12.2. The SMILES string of the molecule is Cc1c(C2C(C(F)(F)F)CN2C(=O)N2CCOCC2)nn(C(=O)c2cscn2)c1N(C)Cc1ccc(F)cc1. The Morgan fingerprint density at radius 2 is 1.87 bits per heavy atom. The van der Waals surface area contributed by atoms with Gasteiger partial charge in [0.15, 0.2) is 0 Å². The summed E-state index contributed by atoms with van der Waals surface area (Å²) >= 11 is 1.20. The van der Waals surface area contributed by atoms with Crippen LogP contribution < -0.4 is 4.90 Å². The van der Waals surface area contributed by atoms with E-state index in [1.165, 1.54) is 44.2 Å². The third-order valence-electron chi connectivity index (χ3n) is 7.00. The van der Waals surface area contributed by atoms with E-state index in [0.717, 1.165) is 10.2 Å². The van der Waals surface area contributed by atoms with Crippen molar-refractivity contribution in [3.05, 3.63) is 63.5 Å². The van der Waals surface area contributed by atoms with Gasteiger partial charge in [-0.2, -0.15) is 23.0 Å². The maximum absolute atomic E-state index is 14.1. The number of rotatable bonds is 5. The van der Waals surface area contributed by atoms with E-state index in [-0.39, 0.29) is 36.8 Å². The van der Waals surface area contributed by atoms with Crippen LogP contribution in [0.2, 0.25) is 0 Å². The van der Waals surface area contributed by atoms with Crippen LogP contribution in [0.5, 0.6) is 0 Å². The van der Waals surface area contributed by atoms with Crippen LogP contribution in [0, 0.1) is 18.7 Å². The molecule has 0 saturated carbocycles. The molecule has 208 valence electrons. The number of thiazole rings is 1. The predicted molar refractivity (Wildman–Crippen MR) is 134 cm³/mol. The summed E-state index contributed by atoms with van der Waals surface area (Å²) in [5.41, 5.74) is 2.61. The highest BCUT2D eigenvalue weighted by molar-refractivity contribution is 7.07. The van der Waals surface area contributed by atoms with Gasteiger partial charge in [-0.05, 0) is 24.6 Å². The highest BCUT2D eigenvalue weighted by atomic mass is 32.1. The fourth-order valence-electron chi connectivity index (χ4n) is 5.00. The van der Waals surface area contributed by atoms with Gasteiger partial charge in [-0.15, -0.1) is 11.3 Å². The van der Waals surface area contributed by atoms with E-state index in [1.807, 2.05) is 0 Å². The van der Waals surface area contributed by atoms with Crippen molar-refractivity contribution >= 4 is 29.1 Å². The van der Waals surface area contributed by atoms with Crippen LogP contribution >= 0.6 is 11.3 Å². The maximum Gasteiger partial charge on any atom is 0.395 e. The summed E-state index contributed by atoms with van der Waals surface area (Å²) in [5.74, 6) is -2.59. The summed E-state index contributed by atoms with van der Waals surface area (Å²) in [6, 6.07) is 3.85. The summed E-state index contributed by atoms with van der Waals surface area (Å²) in [4.78, 5) is 35.0. The molecule has 0 bridgehead atoms. The minimum absolute atomic E-state index is 0.00489. The van der Waals surface area contributed by atoms with Gasteiger partial charge in [0.1, 0.15) is 17.3 Å². The molecule has 14 heteroatoms. The smallest absolute Gasteiger partial charge is 0.378 e. The third-order valence-corrected chi connectivity index (χ3v) is 7.59. The molecule has 2 atom stereocenters. The molecule has 2 unspecified atom stereocenters. The largest absolute Gasteiger partial charge is 0.395 e. The Balaban J connectivity index is 1.56. The Bertz CT molecular complexity index is 1340. The van der Waals surface area contributed by atoms with Crippen molar-refractivity contribution in [3.8, 4) is 0 Å². The van der Waals surface area contributed by atoms with E-state index in [1.54, 1.807) is 31.0 Å². The van der Waals surface area contributed by atoms with Crippen LogP contribution in [0.25, 0.3) is 0 Å². The summed E-state index contributed by atoms with van der Waals surface area (Å²) in [5, 5.41) is 5.93. The number of hydrogen-bond donors (Lipinski definition) is 0. The molecule has 0 spiro atoms. The van der Waals surface area contributed by atoms with Gasteiger partial charge in [-0.3, -0.25) is 4.79 Å². The fraction of sp³-hybridized carbons (Fsp3) is 0.440. The first-order chi connectivity index (χ1) is 18.6. The van der Waals surface area contributed by atoms with E-state index < -0.39 is 42.4 Å². The molecular formula is C25H26F4N6O3S. The number of amides is 2. The highest BCUT2D eigenvalue weighted by Crippen LogP contribution is 2.49. The van der Waals surface area contributed by atoms with Crippen LogP contribution in [0.4, 0.5) is 28.2 Å². The first kappa shape index (κ1) is 27.1. The van der Waals surface area contributed by atoms with Crippen molar-refractivity contribution in [2.45, 2.75) is 25.7 Å². The number of alkyl halides is 3. The number of benzene rings is 1. The van der Waals surface area contributed by atoms with Crippen molar-refractivity contribution in [2.24, 2.45) is 5.92 Å². The van der Waals surface area contributed by atoms with E-state index in [9.17, 15) is 27.2 Å². The maximum atomic E-state index is 14.1. The molecule has 2 amide bonds. The van der Waals surface area contributed by atoms with Crippen molar-refractivity contribution < 1.29 is 31.9 Å². The van der Waals surface area contributed by atoms with E-state index >= 15 is 0 Å². The lowest BCUT2D eigenvalue weighted by atomic mass is 9.84. The van der Waals surface area contributed by atoms with Crippen molar-refractivity contribution in [1.82, 2.24) is 24.6 Å². The Morgan fingerprint density at radius 3 is 2.49 bits per heavy atom. The monoisotopic (exact) mass is 566 g/mol. The minimum Gasteiger partial charge on any atom is -0.378 e. The van der Waals surface area contributed by atoms with Crippen LogP contribution in [-0.2, 0) is 11.3 Å². The number of carbonyl (C=O) groups excluding carboxylic acids is 2. The standard InChI is InChI=1S/C25H26F4N6O3S/c1-15-20(21-18(25(27,28)29)12-34(21)24(37)33-7-9-38-10-8-33)31-35(23(36)19-13-39-14-30-19)22(15)32(2)11-16-3-5-17(26)6-4-16/h3-6,13-14,18,21H,7-12H2,1-2H3. The van der Waals surface area contributed by atoms with Gasteiger partial charge in [-0.25, -0.2) is 14.2 Å². The number of anilines is 1. The molecule has 9 nitrogen and oxygen atoms in total. The molecule has 39 heavy (non-hydrogen) atoms. The van der Waals surface area contributed by atoms with Gasteiger partial charge < -0.3 is 19.4 Å². The molecule has 2 aliphatic rings. The molecule has 0 N–H and O–H groups in total. The van der Waals surface area contributed by atoms with Crippen LogP contribution in [0.1, 0.15) is 33.4 Å². The summed E-state index contributed by atoms with van der Waals surface area (Å²) < 4.78 is 62.0. The normalized spacial score (nSPS) is 19.6. The highest BCUT2D eigenvalue weighted by Gasteiger charge is 2.58. The zero-order valence-corrected chi connectivity index (χ0v) is 22.0. The molecule has 2 aliphatic heterocycles. The second-order valence-corrected chi connectivity index (χ2v) is 10.3. The van der Waals surface area contributed by atoms with Gasteiger partial charge in [0.2, 0.25) is 0 Å². The van der Waals surface area contributed by atoms with Crippen molar-refractivity contribution in [3.63, 3.8) is 0 Å². The molecule has 2 aromatic heterocycles. The van der Waals surface area contributed by atoms with Crippen molar-refractivity contribution in [1.29, 1.82) is 0 Å². The average Bonchev–Trinajstić information content (AvgIpc) is 3.53. The Kier molecular flexibility index (Phi) is 7.33. The Morgan fingerprint density at radius 1 is 1.18 bits per heavy atom. The van der Waals surface area contributed by atoms with Gasteiger partial charge >= 0.3 is 12.2 Å². The minimum atomic E-state index is -4.58. The lowest BCUT2D eigenvalue weighted by molar-refractivity contribution is -0.225. The number of carbonyl (C=O) groups is 2. The lowest BCUT2D eigenvalue weighted by Gasteiger charge is -2.49. The topological polar surface area (TPSA) is 83.8 Å². The van der Waals surface area contributed by atoms with Crippen LogP contribution in [0.15, 0.2) is 35.2 Å².